The van der Waals surface area contributed by atoms with Gasteiger partial charge >= 0.3 is 5.69 Å². The molecule has 0 fully saturated rings. The minimum absolute atomic E-state index is 0.320. The third-order valence-electron chi connectivity index (χ3n) is 2.51. The Balaban J connectivity index is 2.46. The van der Waals surface area contributed by atoms with Gasteiger partial charge in [0.05, 0.1) is 0 Å². The summed E-state index contributed by atoms with van der Waals surface area (Å²) in [6.07, 6.45) is 1.59. The van der Waals surface area contributed by atoms with E-state index in [2.05, 4.69) is 9.97 Å². The van der Waals surface area contributed by atoms with Gasteiger partial charge in [-0.25, -0.2) is 9.78 Å². The van der Waals surface area contributed by atoms with Crippen molar-refractivity contribution in [1.82, 2.24) is 9.97 Å². The SMILES string of the molecule is Cc1[nH]c(=O)ncc1-c1ccc(CN)cc1. The van der Waals surface area contributed by atoms with E-state index < -0.39 is 0 Å². The van der Waals surface area contributed by atoms with Crippen molar-refractivity contribution in [2.24, 2.45) is 5.73 Å². The van der Waals surface area contributed by atoms with Crippen LogP contribution in [0.25, 0.3) is 11.1 Å². The molecule has 0 amide bonds. The van der Waals surface area contributed by atoms with Crippen LogP contribution in [0.15, 0.2) is 35.3 Å². The Bertz CT molecular complexity index is 543. The molecule has 0 aliphatic heterocycles. The summed E-state index contributed by atoms with van der Waals surface area (Å²) in [6.45, 7) is 2.39. The van der Waals surface area contributed by atoms with Crippen molar-refractivity contribution in [3.8, 4) is 11.1 Å². The maximum Gasteiger partial charge on any atom is 0.345 e. The zero-order valence-corrected chi connectivity index (χ0v) is 9.03. The van der Waals surface area contributed by atoms with Gasteiger partial charge in [0.25, 0.3) is 0 Å². The number of aryl methyl sites for hydroxylation is 1. The number of nitrogens with one attached hydrogen (secondary N) is 1. The van der Waals surface area contributed by atoms with Crippen molar-refractivity contribution >= 4 is 0 Å². The molecule has 0 bridgehead atoms. The topological polar surface area (TPSA) is 71.8 Å². The van der Waals surface area contributed by atoms with E-state index in [1.54, 1.807) is 6.20 Å². The smallest absolute Gasteiger partial charge is 0.326 e. The third kappa shape index (κ3) is 2.01. The van der Waals surface area contributed by atoms with Crippen molar-refractivity contribution in [2.45, 2.75) is 13.5 Å². The molecule has 0 aliphatic carbocycles. The molecule has 2 aromatic rings. The second-order valence-electron chi connectivity index (χ2n) is 3.63. The Labute approximate surface area is 93.2 Å². The first-order chi connectivity index (χ1) is 7.70. The van der Waals surface area contributed by atoms with Gasteiger partial charge in [0.2, 0.25) is 0 Å². The summed E-state index contributed by atoms with van der Waals surface area (Å²) >= 11 is 0. The number of aromatic amines is 1. The van der Waals surface area contributed by atoms with Gasteiger partial charge in [-0.3, -0.25) is 0 Å². The van der Waals surface area contributed by atoms with E-state index in [0.29, 0.717) is 6.54 Å². The van der Waals surface area contributed by atoms with Crippen LogP contribution < -0.4 is 11.4 Å². The number of rotatable bonds is 2. The molecule has 0 spiro atoms. The van der Waals surface area contributed by atoms with E-state index in [0.717, 1.165) is 22.4 Å². The van der Waals surface area contributed by atoms with Crippen molar-refractivity contribution in [3.05, 3.63) is 52.2 Å². The lowest BCUT2D eigenvalue weighted by Crippen LogP contribution is -2.11. The minimum atomic E-state index is -0.320. The van der Waals surface area contributed by atoms with E-state index in [1.165, 1.54) is 0 Å². The summed E-state index contributed by atoms with van der Waals surface area (Å²) < 4.78 is 0. The highest BCUT2D eigenvalue weighted by Gasteiger charge is 2.02. The highest BCUT2D eigenvalue weighted by atomic mass is 16.1. The Morgan fingerprint density at radius 2 is 2.00 bits per heavy atom. The lowest BCUT2D eigenvalue weighted by Gasteiger charge is -2.05. The summed E-state index contributed by atoms with van der Waals surface area (Å²) in [5.74, 6) is 0. The van der Waals surface area contributed by atoms with Gasteiger partial charge in [-0.2, -0.15) is 0 Å². The number of hydrogen-bond donors (Lipinski definition) is 2. The van der Waals surface area contributed by atoms with Crippen LogP contribution in [-0.4, -0.2) is 9.97 Å². The largest absolute Gasteiger partial charge is 0.345 e. The summed E-state index contributed by atoms with van der Waals surface area (Å²) in [5.41, 5.74) is 9.07. The van der Waals surface area contributed by atoms with E-state index in [-0.39, 0.29) is 5.69 Å². The molecule has 1 heterocycles. The summed E-state index contributed by atoms with van der Waals surface area (Å²) in [6, 6.07) is 7.90. The molecule has 0 saturated heterocycles. The maximum atomic E-state index is 11.0. The second-order valence-corrected chi connectivity index (χ2v) is 3.63. The van der Waals surface area contributed by atoms with Crippen molar-refractivity contribution < 1.29 is 0 Å². The first kappa shape index (κ1) is 10.6. The first-order valence-electron chi connectivity index (χ1n) is 5.06. The Kier molecular flexibility index (Phi) is 2.83. The van der Waals surface area contributed by atoms with Gasteiger partial charge in [-0.15, -0.1) is 0 Å². The Hall–Kier alpha value is -1.94. The van der Waals surface area contributed by atoms with E-state index in [4.69, 9.17) is 5.73 Å². The van der Waals surface area contributed by atoms with Crippen molar-refractivity contribution in [3.63, 3.8) is 0 Å². The van der Waals surface area contributed by atoms with Crippen LogP contribution in [-0.2, 0) is 6.54 Å². The standard InChI is InChI=1S/C12H13N3O/c1-8-11(7-14-12(16)15-8)10-4-2-9(6-13)3-5-10/h2-5,7H,6,13H2,1H3,(H,14,15,16). The van der Waals surface area contributed by atoms with Crippen LogP contribution >= 0.6 is 0 Å². The highest BCUT2D eigenvalue weighted by Crippen LogP contribution is 2.20. The highest BCUT2D eigenvalue weighted by molar-refractivity contribution is 5.64. The second kappa shape index (κ2) is 4.28. The predicted octanol–water partition coefficient (Wildman–Crippen LogP) is 1.20. The molecule has 1 aromatic heterocycles. The van der Waals surface area contributed by atoms with Gasteiger partial charge in [0.15, 0.2) is 0 Å². The van der Waals surface area contributed by atoms with E-state index >= 15 is 0 Å². The molecule has 1 aromatic carbocycles. The summed E-state index contributed by atoms with van der Waals surface area (Å²) in [5, 5.41) is 0. The van der Waals surface area contributed by atoms with Crippen LogP contribution in [0.5, 0.6) is 0 Å². The van der Waals surface area contributed by atoms with Gasteiger partial charge in [-0.05, 0) is 18.1 Å². The van der Waals surface area contributed by atoms with Crippen LogP contribution in [0, 0.1) is 6.92 Å². The Morgan fingerprint density at radius 1 is 1.31 bits per heavy atom. The number of hydrogen-bond acceptors (Lipinski definition) is 3. The number of nitrogens with zero attached hydrogens (tertiary/aromatic N) is 1. The predicted molar refractivity (Wildman–Crippen MR) is 62.9 cm³/mol. The molecule has 3 N–H and O–H groups in total. The molecular weight excluding hydrogens is 202 g/mol. The van der Waals surface area contributed by atoms with Crippen LogP contribution in [0.4, 0.5) is 0 Å². The number of benzene rings is 1. The van der Waals surface area contributed by atoms with Gasteiger partial charge < -0.3 is 10.7 Å². The molecule has 82 valence electrons. The molecule has 0 atom stereocenters. The number of H-pyrrole nitrogens is 1. The van der Waals surface area contributed by atoms with Gasteiger partial charge in [-0.1, -0.05) is 24.3 Å². The van der Waals surface area contributed by atoms with E-state index in [9.17, 15) is 4.79 Å². The molecule has 2 rings (SSSR count). The zero-order valence-electron chi connectivity index (χ0n) is 9.03. The Morgan fingerprint density at radius 3 is 2.56 bits per heavy atom. The number of aromatic nitrogens is 2. The maximum absolute atomic E-state index is 11.0. The number of nitrogens with two attached hydrogens (primary N) is 1. The lowest BCUT2D eigenvalue weighted by molar-refractivity contribution is 1.03. The van der Waals surface area contributed by atoms with Crippen molar-refractivity contribution in [1.29, 1.82) is 0 Å². The third-order valence-corrected chi connectivity index (χ3v) is 2.51. The summed E-state index contributed by atoms with van der Waals surface area (Å²) in [7, 11) is 0. The molecule has 4 heteroatoms. The molecule has 0 saturated carbocycles. The molecule has 0 aliphatic rings. The fraction of sp³-hybridized carbons (Fsp3) is 0.167. The molecule has 0 unspecified atom stereocenters. The quantitative estimate of drug-likeness (QED) is 0.790. The zero-order chi connectivity index (χ0) is 11.5. The van der Waals surface area contributed by atoms with Crippen LogP contribution in [0.2, 0.25) is 0 Å². The van der Waals surface area contributed by atoms with Gasteiger partial charge in [0, 0.05) is 24.0 Å². The monoisotopic (exact) mass is 215 g/mol. The molecule has 4 nitrogen and oxygen atoms in total. The lowest BCUT2D eigenvalue weighted by atomic mass is 10.0. The minimum Gasteiger partial charge on any atom is -0.326 e. The summed E-state index contributed by atoms with van der Waals surface area (Å²) in [4.78, 5) is 17.4. The average molecular weight is 215 g/mol. The van der Waals surface area contributed by atoms with E-state index in [1.807, 2.05) is 31.2 Å². The average Bonchev–Trinajstić information content (AvgIpc) is 2.29. The molecular formula is C12H13N3O. The molecule has 0 radical (unpaired) electrons. The fourth-order valence-electron chi connectivity index (χ4n) is 1.59. The van der Waals surface area contributed by atoms with Crippen LogP contribution in [0.1, 0.15) is 11.3 Å². The van der Waals surface area contributed by atoms with Crippen molar-refractivity contribution in [2.75, 3.05) is 0 Å². The van der Waals surface area contributed by atoms with Crippen LogP contribution in [0.3, 0.4) is 0 Å². The van der Waals surface area contributed by atoms with Gasteiger partial charge in [0.1, 0.15) is 0 Å². The molecule has 16 heavy (non-hydrogen) atoms. The normalized spacial score (nSPS) is 10.4. The fourth-order valence-corrected chi connectivity index (χ4v) is 1.59. The first-order valence-corrected chi connectivity index (χ1v) is 5.06.